The van der Waals surface area contributed by atoms with Crippen molar-refractivity contribution in [1.82, 2.24) is 5.32 Å². The van der Waals surface area contributed by atoms with Gasteiger partial charge in [-0.1, -0.05) is 12.1 Å². The van der Waals surface area contributed by atoms with Crippen LogP contribution in [0.5, 0.6) is 0 Å². The maximum absolute atomic E-state index is 13.0. The Hall–Kier alpha value is -0.640. The lowest BCUT2D eigenvalue weighted by atomic mass is 9.74. The predicted octanol–water partition coefficient (Wildman–Crippen LogP) is 2.64. The van der Waals surface area contributed by atoms with Crippen LogP contribution in [0, 0.1) is 5.82 Å². The number of benzene rings is 1. The van der Waals surface area contributed by atoms with Crippen molar-refractivity contribution in [1.29, 1.82) is 0 Å². The van der Waals surface area contributed by atoms with Crippen molar-refractivity contribution in [2.45, 2.75) is 37.8 Å². The summed E-state index contributed by atoms with van der Waals surface area (Å²) in [6.07, 6.45) is 4.24. The zero-order chi connectivity index (χ0) is 11.4. The molecule has 0 unspecified atom stereocenters. The average Bonchev–Trinajstić information content (AvgIpc) is 2.22. The van der Waals surface area contributed by atoms with E-state index in [1.807, 2.05) is 6.07 Å². The fourth-order valence-corrected chi connectivity index (χ4v) is 2.27. The number of nitrogens with one attached hydrogen (secondary N) is 1. The molecule has 0 aliphatic heterocycles. The third-order valence-corrected chi connectivity index (χ3v) is 3.46. The van der Waals surface area contributed by atoms with Crippen LogP contribution >= 0.6 is 12.4 Å². The van der Waals surface area contributed by atoms with Crippen LogP contribution in [-0.4, -0.2) is 17.3 Å². The molecule has 96 valence electrons. The SMILES string of the molecule is Cl.OCCC1(NCc2cccc(F)c2)CCC1. The first-order valence-electron chi connectivity index (χ1n) is 5.84. The smallest absolute Gasteiger partial charge is 0.123 e. The van der Waals surface area contributed by atoms with Gasteiger partial charge in [0.15, 0.2) is 0 Å². The zero-order valence-corrected chi connectivity index (χ0v) is 10.6. The molecule has 1 fully saturated rings. The highest BCUT2D eigenvalue weighted by atomic mass is 35.5. The quantitative estimate of drug-likeness (QED) is 0.852. The summed E-state index contributed by atoms with van der Waals surface area (Å²) in [5, 5.41) is 12.5. The molecule has 1 aromatic rings. The summed E-state index contributed by atoms with van der Waals surface area (Å²) < 4.78 is 13.0. The van der Waals surface area contributed by atoms with Crippen LogP contribution in [0.3, 0.4) is 0 Å². The Labute approximate surface area is 108 Å². The van der Waals surface area contributed by atoms with E-state index in [9.17, 15) is 4.39 Å². The summed E-state index contributed by atoms with van der Waals surface area (Å²) in [7, 11) is 0. The van der Waals surface area contributed by atoms with Crippen molar-refractivity contribution in [3.63, 3.8) is 0 Å². The Morgan fingerprint density at radius 3 is 2.65 bits per heavy atom. The van der Waals surface area contributed by atoms with Crippen molar-refractivity contribution < 1.29 is 9.50 Å². The first-order valence-corrected chi connectivity index (χ1v) is 5.84. The van der Waals surface area contributed by atoms with Gasteiger partial charge in [0.25, 0.3) is 0 Å². The lowest BCUT2D eigenvalue weighted by molar-refractivity contribution is 0.130. The molecule has 1 saturated carbocycles. The lowest BCUT2D eigenvalue weighted by Gasteiger charge is -2.42. The van der Waals surface area contributed by atoms with Crippen LogP contribution in [0.15, 0.2) is 24.3 Å². The van der Waals surface area contributed by atoms with Crippen molar-refractivity contribution >= 4 is 12.4 Å². The van der Waals surface area contributed by atoms with Gasteiger partial charge < -0.3 is 10.4 Å². The number of hydrogen-bond donors (Lipinski definition) is 2. The number of rotatable bonds is 5. The van der Waals surface area contributed by atoms with Crippen molar-refractivity contribution in [2.75, 3.05) is 6.61 Å². The maximum Gasteiger partial charge on any atom is 0.123 e. The molecule has 0 spiro atoms. The Balaban J connectivity index is 0.00000144. The molecule has 17 heavy (non-hydrogen) atoms. The van der Waals surface area contributed by atoms with Gasteiger partial charge in [-0.3, -0.25) is 0 Å². The molecular formula is C13H19ClFNO. The molecule has 0 aromatic heterocycles. The number of halogens is 2. The fraction of sp³-hybridized carbons (Fsp3) is 0.538. The molecule has 0 saturated heterocycles. The molecule has 2 rings (SSSR count). The van der Waals surface area contributed by atoms with Gasteiger partial charge in [-0.25, -0.2) is 4.39 Å². The molecule has 0 amide bonds. The molecular weight excluding hydrogens is 241 g/mol. The van der Waals surface area contributed by atoms with Crippen LogP contribution in [0.25, 0.3) is 0 Å². The third-order valence-electron chi connectivity index (χ3n) is 3.46. The van der Waals surface area contributed by atoms with Gasteiger partial charge in [-0.15, -0.1) is 12.4 Å². The van der Waals surface area contributed by atoms with Crippen LogP contribution in [-0.2, 0) is 6.54 Å². The monoisotopic (exact) mass is 259 g/mol. The second-order valence-corrected chi connectivity index (χ2v) is 4.59. The molecule has 1 aliphatic rings. The summed E-state index contributed by atoms with van der Waals surface area (Å²) in [4.78, 5) is 0. The minimum atomic E-state index is -0.191. The van der Waals surface area contributed by atoms with E-state index in [4.69, 9.17) is 5.11 Å². The van der Waals surface area contributed by atoms with E-state index >= 15 is 0 Å². The highest BCUT2D eigenvalue weighted by Gasteiger charge is 2.35. The largest absolute Gasteiger partial charge is 0.396 e. The number of aliphatic hydroxyl groups is 1. The van der Waals surface area contributed by atoms with Crippen molar-refractivity contribution in [2.24, 2.45) is 0 Å². The number of hydrogen-bond acceptors (Lipinski definition) is 2. The van der Waals surface area contributed by atoms with Crippen LogP contribution in [0.4, 0.5) is 4.39 Å². The van der Waals surface area contributed by atoms with E-state index in [0.717, 1.165) is 24.8 Å². The van der Waals surface area contributed by atoms with Gasteiger partial charge in [-0.2, -0.15) is 0 Å². The molecule has 0 heterocycles. The fourth-order valence-electron chi connectivity index (χ4n) is 2.27. The molecule has 2 N–H and O–H groups in total. The van der Waals surface area contributed by atoms with E-state index in [1.54, 1.807) is 12.1 Å². The van der Waals surface area contributed by atoms with Gasteiger partial charge >= 0.3 is 0 Å². The Morgan fingerprint density at radius 1 is 1.35 bits per heavy atom. The van der Waals surface area contributed by atoms with Gasteiger partial charge in [-0.05, 0) is 43.4 Å². The van der Waals surface area contributed by atoms with Crippen LogP contribution < -0.4 is 5.32 Å². The normalized spacial score (nSPS) is 17.1. The summed E-state index contributed by atoms with van der Waals surface area (Å²) in [5.74, 6) is -0.191. The highest BCUT2D eigenvalue weighted by Crippen LogP contribution is 2.34. The van der Waals surface area contributed by atoms with Gasteiger partial charge in [0.1, 0.15) is 5.82 Å². The van der Waals surface area contributed by atoms with Crippen LogP contribution in [0.1, 0.15) is 31.2 Å². The van der Waals surface area contributed by atoms with E-state index < -0.39 is 0 Å². The van der Waals surface area contributed by atoms with E-state index in [2.05, 4.69) is 5.32 Å². The Bertz CT molecular complexity index is 355. The summed E-state index contributed by atoms with van der Waals surface area (Å²) in [5.41, 5.74) is 1.06. The first-order chi connectivity index (χ1) is 7.74. The molecule has 0 bridgehead atoms. The maximum atomic E-state index is 13.0. The molecule has 1 aliphatic carbocycles. The zero-order valence-electron chi connectivity index (χ0n) is 9.79. The van der Waals surface area contributed by atoms with E-state index in [-0.39, 0.29) is 30.4 Å². The molecule has 0 radical (unpaired) electrons. The van der Waals surface area contributed by atoms with Gasteiger partial charge in [0.05, 0.1) is 0 Å². The predicted molar refractivity (Wildman–Crippen MR) is 68.8 cm³/mol. The Kier molecular flexibility index (Phi) is 5.37. The average molecular weight is 260 g/mol. The summed E-state index contributed by atoms with van der Waals surface area (Å²) in [6, 6.07) is 6.65. The molecule has 4 heteroatoms. The Morgan fingerprint density at radius 2 is 2.12 bits per heavy atom. The van der Waals surface area contributed by atoms with Crippen LogP contribution in [0.2, 0.25) is 0 Å². The van der Waals surface area contributed by atoms with E-state index in [0.29, 0.717) is 6.54 Å². The summed E-state index contributed by atoms with van der Waals surface area (Å²) >= 11 is 0. The minimum absolute atomic E-state index is 0. The third kappa shape index (κ3) is 3.66. The lowest BCUT2D eigenvalue weighted by Crippen LogP contribution is -2.51. The van der Waals surface area contributed by atoms with Gasteiger partial charge in [0.2, 0.25) is 0 Å². The molecule has 2 nitrogen and oxygen atoms in total. The van der Waals surface area contributed by atoms with Crippen molar-refractivity contribution in [3.8, 4) is 0 Å². The number of aliphatic hydroxyl groups excluding tert-OH is 1. The van der Waals surface area contributed by atoms with E-state index in [1.165, 1.54) is 12.5 Å². The first kappa shape index (κ1) is 14.4. The highest BCUT2D eigenvalue weighted by molar-refractivity contribution is 5.85. The van der Waals surface area contributed by atoms with Crippen molar-refractivity contribution in [3.05, 3.63) is 35.6 Å². The standard InChI is InChI=1S/C13H18FNO.ClH/c14-12-4-1-3-11(9-12)10-15-13(7-8-16)5-2-6-13;/h1,3-4,9,15-16H,2,5-8,10H2;1H. The summed E-state index contributed by atoms with van der Waals surface area (Å²) in [6.45, 7) is 0.897. The molecule has 1 aromatic carbocycles. The van der Waals surface area contributed by atoms with Gasteiger partial charge in [0, 0.05) is 18.7 Å². The second-order valence-electron chi connectivity index (χ2n) is 4.59. The topological polar surface area (TPSA) is 32.3 Å². The minimum Gasteiger partial charge on any atom is -0.396 e. The second kappa shape index (κ2) is 6.34. The molecule has 0 atom stereocenters.